The van der Waals surface area contributed by atoms with E-state index in [1.807, 2.05) is 91.0 Å². The highest BCUT2D eigenvalue weighted by molar-refractivity contribution is 6.13. The third-order valence-corrected chi connectivity index (χ3v) is 9.84. The van der Waals surface area contributed by atoms with Crippen LogP contribution in [0.25, 0.3) is 94.7 Å². The maximum absolute atomic E-state index is 6.35. The van der Waals surface area contributed by atoms with Gasteiger partial charge in [-0.2, -0.15) is 0 Å². The minimum absolute atomic E-state index is 0.610. The first kappa shape index (κ1) is 27.9. The van der Waals surface area contributed by atoms with E-state index in [1.54, 1.807) is 0 Å². The van der Waals surface area contributed by atoms with Gasteiger partial charge in [-0.3, -0.25) is 0 Å². The van der Waals surface area contributed by atoms with Gasteiger partial charge in [-0.05, 0) is 71.8 Å². The Morgan fingerprint density at radius 3 is 1.65 bits per heavy atom. The van der Waals surface area contributed by atoms with Crippen molar-refractivity contribution in [2.75, 3.05) is 0 Å². The molecule has 0 saturated carbocycles. The Morgan fingerprint density at radius 1 is 0.392 bits per heavy atom. The van der Waals surface area contributed by atoms with Crippen molar-refractivity contribution in [1.82, 2.24) is 19.5 Å². The van der Waals surface area contributed by atoms with Crippen LogP contribution >= 0.6 is 0 Å². The molecule has 51 heavy (non-hydrogen) atoms. The molecule has 0 atom stereocenters. The lowest BCUT2D eigenvalue weighted by atomic mass is 10.00. The van der Waals surface area contributed by atoms with Crippen molar-refractivity contribution in [1.29, 1.82) is 0 Å². The predicted molar refractivity (Wildman–Crippen MR) is 203 cm³/mol. The quantitative estimate of drug-likeness (QED) is 0.189. The summed E-state index contributed by atoms with van der Waals surface area (Å²) < 4.78 is 15.0. The molecule has 0 saturated heterocycles. The van der Waals surface area contributed by atoms with E-state index in [-0.39, 0.29) is 0 Å². The first-order valence-corrected chi connectivity index (χ1v) is 16.9. The summed E-state index contributed by atoms with van der Waals surface area (Å²) in [6.07, 6.45) is 0. The highest BCUT2D eigenvalue weighted by Gasteiger charge is 2.23. The van der Waals surface area contributed by atoms with Gasteiger partial charge in [0.1, 0.15) is 11.2 Å². The van der Waals surface area contributed by atoms with Crippen LogP contribution in [0.4, 0.5) is 0 Å². The van der Waals surface area contributed by atoms with Crippen LogP contribution in [0.2, 0.25) is 0 Å². The molecule has 0 unspecified atom stereocenters. The van der Waals surface area contributed by atoms with E-state index in [0.717, 1.165) is 78.0 Å². The molecule has 4 heterocycles. The van der Waals surface area contributed by atoms with Gasteiger partial charge < -0.3 is 13.7 Å². The number of ether oxygens (including phenoxy) is 1. The predicted octanol–water partition coefficient (Wildman–Crippen LogP) is 11.6. The van der Waals surface area contributed by atoms with Gasteiger partial charge in [0.15, 0.2) is 29.0 Å². The highest BCUT2D eigenvalue weighted by atomic mass is 16.5. The van der Waals surface area contributed by atoms with Gasteiger partial charge in [0, 0.05) is 38.2 Å². The maximum Gasteiger partial charge on any atom is 0.164 e. The summed E-state index contributed by atoms with van der Waals surface area (Å²) in [5.41, 5.74) is 9.95. The Bertz CT molecular complexity index is 2940. The lowest BCUT2D eigenvalue weighted by Crippen LogP contribution is -2.03. The molecule has 0 fully saturated rings. The average Bonchev–Trinajstić information content (AvgIpc) is 3.74. The normalized spacial score (nSPS) is 12.1. The number of hydrogen-bond acceptors (Lipinski definition) is 5. The average molecular weight is 655 g/mol. The lowest BCUT2D eigenvalue weighted by molar-refractivity contribution is 0.476. The van der Waals surface area contributed by atoms with Crippen molar-refractivity contribution >= 4 is 43.7 Å². The zero-order valence-electron chi connectivity index (χ0n) is 27.1. The van der Waals surface area contributed by atoms with E-state index in [1.165, 1.54) is 10.8 Å². The molecule has 0 N–H and O–H groups in total. The Morgan fingerprint density at radius 2 is 0.941 bits per heavy atom. The number of fused-ring (bicyclic) bond motifs is 8. The second kappa shape index (κ2) is 10.7. The van der Waals surface area contributed by atoms with Crippen LogP contribution < -0.4 is 4.74 Å². The van der Waals surface area contributed by atoms with Crippen molar-refractivity contribution in [3.05, 3.63) is 158 Å². The number of nitrogens with zero attached hydrogens (tertiary/aromatic N) is 4. The van der Waals surface area contributed by atoms with Gasteiger partial charge in [0.2, 0.25) is 0 Å². The molecule has 10 aromatic rings. The Balaban J connectivity index is 1.06. The summed E-state index contributed by atoms with van der Waals surface area (Å²) in [4.78, 5) is 14.8. The monoisotopic (exact) mass is 654 g/mol. The molecule has 238 valence electrons. The third-order valence-electron chi connectivity index (χ3n) is 9.84. The molecule has 3 aromatic heterocycles. The van der Waals surface area contributed by atoms with Crippen LogP contribution in [0.1, 0.15) is 0 Å². The maximum atomic E-state index is 6.35. The van der Waals surface area contributed by atoms with Crippen molar-refractivity contribution in [3.63, 3.8) is 0 Å². The zero-order valence-corrected chi connectivity index (χ0v) is 27.1. The molecular formula is C45H26N4O2. The molecule has 0 spiro atoms. The first-order valence-electron chi connectivity index (χ1n) is 16.9. The summed E-state index contributed by atoms with van der Waals surface area (Å²) in [7, 11) is 0. The SMILES string of the molecule is c1ccc(-c2nc(-c3ccccc3)nc(-c3ccc4oc5ccc(-c6ccc7c(c6)c6cccc8c6n7-c6ccccc6O8)cc5c4c3)n2)cc1. The van der Waals surface area contributed by atoms with E-state index >= 15 is 0 Å². The largest absolute Gasteiger partial charge is 0.456 e. The summed E-state index contributed by atoms with van der Waals surface area (Å²) in [6.45, 7) is 0. The Kier molecular flexibility index (Phi) is 5.86. The molecular weight excluding hydrogens is 629 g/mol. The van der Waals surface area contributed by atoms with E-state index in [9.17, 15) is 0 Å². The molecule has 7 aromatic carbocycles. The van der Waals surface area contributed by atoms with Crippen molar-refractivity contribution in [3.8, 4) is 62.5 Å². The van der Waals surface area contributed by atoms with Gasteiger partial charge in [-0.1, -0.05) is 97.1 Å². The summed E-state index contributed by atoms with van der Waals surface area (Å²) in [6, 6.07) is 53.9. The van der Waals surface area contributed by atoms with Gasteiger partial charge in [-0.15, -0.1) is 0 Å². The minimum atomic E-state index is 0.610. The second-order valence-electron chi connectivity index (χ2n) is 12.9. The first-order chi connectivity index (χ1) is 25.2. The van der Waals surface area contributed by atoms with Gasteiger partial charge in [0.05, 0.1) is 16.7 Å². The fourth-order valence-corrected chi connectivity index (χ4v) is 7.43. The van der Waals surface area contributed by atoms with Crippen LogP contribution in [-0.2, 0) is 0 Å². The van der Waals surface area contributed by atoms with Gasteiger partial charge in [0.25, 0.3) is 0 Å². The van der Waals surface area contributed by atoms with E-state index in [2.05, 4.69) is 71.3 Å². The highest BCUT2D eigenvalue weighted by Crippen LogP contribution is 2.46. The number of furan rings is 1. The van der Waals surface area contributed by atoms with Crippen LogP contribution in [-0.4, -0.2) is 19.5 Å². The molecule has 0 bridgehead atoms. The molecule has 1 aliphatic rings. The van der Waals surface area contributed by atoms with Crippen LogP contribution in [0.15, 0.2) is 162 Å². The van der Waals surface area contributed by atoms with E-state index in [0.29, 0.717) is 17.5 Å². The summed E-state index contributed by atoms with van der Waals surface area (Å²) in [5, 5.41) is 4.40. The Labute approximate surface area is 291 Å². The van der Waals surface area contributed by atoms with Crippen LogP contribution in [0.3, 0.4) is 0 Å². The topological polar surface area (TPSA) is 66.0 Å². The third kappa shape index (κ3) is 4.33. The number of hydrogen-bond donors (Lipinski definition) is 0. The molecule has 1 aliphatic heterocycles. The van der Waals surface area contributed by atoms with E-state index in [4.69, 9.17) is 24.1 Å². The molecule has 6 nitrogen and oxygen atoms in total. The molecule has 0 radical (unpaired) electrons. The van der Waals surface area contributed by atoms with Crippen molar-refractivity contribution < 1.29 is 9.15 Å². The minimum Gasteiger partial charge on any atom is -0.456 e. The molecule has 0 aliphatic carbocycles. The second-order valence-corrected chi connectivity index (χ2v) is 12.9. The smallest absolute Gasteiger partial charge is 0.164 e. The number of benzene rings is 7. The molecule has 6 heteroatoms. The summed E-state index contributed by atoms with van der Waals surface area (Å²) >= 11 is 0. The van der Waals surface area contributed by atoms with Crippen molar-refractivity contribution in [2.45, 2.75) is 0 Å². The fourth-order valence-electron chi connectivity index (χ4n) is 7.43. The van der Waals surface area contributed by atoms with Crippen molar-refractivity contribution in [2.24, 2.45) is 0 Å². The van der Waals surface area contributed by atoms with Gasteiger partial charge >= 0.3 is 0 Å². The standard InChI is InChI=1S/C45H26N4O2/c1-3-10-27(11-4-1)43-46-44(28-12-5-2-6-13-28)48-45(47-43)31-20-23-39-35(26-31)34-25-30(19-22-38(34)50-39)29-18-21-36-33(24-29)32-14-9-17-41-42(32)49(36)37-15-7-8-16-40(37)51-41/h1-26H. The number of aromatic nitrogens is 4. The van der Waals surface area contributed by atoms with Crippen LogP contribution in [0.5, 0.6) is 11.5 Å². The lowest BCUT2D eigenvalue weighted by Gasteiger charge is -2.20. The summed E-state index contributed by atoms with van der Waals surface area (Å²) in [5.74, 6) is 3.61. The molecule has 0 amide bonds. The van der Waals surface area contributed by atoms with E-state index < -0.39 is 0 Å². The number of para-hydroxylation sites is 3. The zero-order chi connectivity index (χ0) is 33.5. The molecule has 11 rings (SSSR count). The Hall–Kier alpha value is -7.05. The number of rotatable bonds is 4. The van der Waals surface area contributed by atoms with Gasteiger partial charge in [-0.25, -0.2) is 15.0 Å². The van der Waals surface area contributed by atoms with Crippen LogP contribution in [0, 0.1) is 0 Å². The fraction of sp³-hybridized carbons (Fsp3) is 0.